The molecule has 1 fully saturated rings. The van der Waals surface area contributed by atoms with Crippen LogP contribution in [0, 0.1) is 0 Å². The van der Waals surface area contributed by atoms with Crippen LogP contribution in [0.25, 0.3) is 45.3 Å². The summed E-state index contributed by atoms with van der Waals surface area (Å²) in [6.45, 7) is 4.24. The van der Waals surface area contributed by atoms with Gasteiger partial charge in [-0.2, -0.15) is 0 Å². The fourth-order valence-corrected chi connectivity index (χ4v) is 5.57. The molecule has 3 aliphatic heterocycles. The lowest BCUT2D eigenvalue weighted by Gasteiger charge is -2.27. The van der Waals surface area contributed by atoms with Gasteiger partial charge < -0.3 is 19.4 Å². The molecule has 0 spiro atoms. The summed E-state index contributed by atoms with van der Waals surface area (Å²) in [6.07, 6.45) is 5.99. The summed E-state index contributed by atoms with van der Waals surface area (Å²) in [5.41, 5.74) is 11.6. The summed E-state index contributed by atoms with van der Waals surface area (Å²) in [7, 11) is 1.74. The lowest BCUT2D eigenvalue weighted by Crippen LogP contribution is -2.35. The number of aryl methyl sites for hydroxylation is 2. The molecule has 0 atom stereocenters. The number of benzene rings is 1. The van der Waals surface area contributed by atoms with Crippen molar-refractivity contribution in [3.05, 3.63) is 89.0 Å². The van der Waals surface area contributed by atoms with Crippen molar-refractivity contribution in [1.82, 2.24) is 24.8 Å². The highest BCUT2D eigenvalue weighted by molar-refractivity contribution is 5.87. The number of rotatable bonds is 4. The van der Waals surface area contributed by atoms with Crippen molar-refractivity contribution in [2.24, 2.45) is 0 Å². The van der Waals surface area contributed by atoms with Crippen LogP contribution in [0.3, 0.4) is 0 Å². The van der Waals surface area contributed by atoms with E-state index in [1.807, 2.05) is 0 Å². The number of hydrogen-bond donors (Lipinski definition) is 2. The minimum atomic E-state index is 0.774. The van der Waals surface area contributed by atoms with Crippen LogP contribution in [0.2, 0.25) is 0 Å². The number of nitrogens with one attached hydrogen (secondary N) is 2. The third-order valence-electron chi connectivity index (χ3n) is 7.54. The van der Waals surface area contributed by atoms with Gasteiger partial charge in [0, 0.05) is 64.2 Å². The summed E-state index contributed by atoms with van der Waals surface area (Å²) >= 11 is 0. The molecule has 0 saturated carbocycles. The predicted molar refractivity (Wildman–Crippen MR) is 155 cm³/mol. The van der Waals surface area contributed by atoms with Gasteiger partial charge in [0.1, 0.15) is 5.75 Å². The number of fused-ring (bicyclic) bond motifs is 8. The Hall–Kier alpha value is -4.20. The van der Waals surface area contributed by atoms with Gasteiger partial charge in [0.15, 0.2) is 0 Å². The van der Waals surface area contributed by atoms with Gasteiger partial charge in [-0.25, -0.2) is 4.98 Å². The predicted octanol–water partition coefficient (Wildman–Crippen LogP) is 5.78. The second kappa shape index (κ2) is 10.2. The van der Waals surface area contributed by atoms with Gasteiger partial charge in [-0.1, -0.05) is 6.07 Å². The van der Waals surface area contributed by atoms with Gasteiger partial charge in [-0.05, 0) is 85.2 Å². The van der Waals surface area contributed by atoms with Crippen molar-refractivity contribution in [3.8, 4) is 16.9 Å². The number of morpholine rings is 1. The van der Waals surface area contributed by atoms with Gasteiger partial charge in [-0.3, -0.25) is 9.88 Å². The number of nitrogens with zero attached hydrogens (tertiary/aromatic N) is 3. The van der Waals surface area contributed by atoms with E-state index in [4.69, 9.17) is 19.4 Å². The molecule has 7 rings (SSSR count). The van der Waals surface area contributed by atoms with E-state index in [2.05, 4.69) is 87.7 Å². The minimum Gasteiger partial charge on any atom is -0.496 e. The third kappa shape index (κ3) is 5.11. The number of aromatic nitrogens is 4. The van der Waals surface area contributed by atoms with E-state index in [1.165, 1.54) is 5.56 Å². The maximum Gasteiger partial charge on any atom is 0.123 e. The Labute approximate surface area is 227 Å². The van der Waals surface area contributed by atoms with Crippen molar-refractivity contribution in [1.29, 1.82) is 0 Å². The lowest BCUT2D eigenvalue weighted by atomic mass is 10.0. The van der Waals surface area contributed by atoms with Crippen molar-refractivity contribution >= 4 is 34.2 Å². The summed E-state index contributed by atoms with van der Waals surface area (Å²) in [6, 6.07) is 21.4. The maximum atomic E-state index is 5.74. The summed E-state index contributed by atoms with van der Waals surface area (Å²) in [5, 5.41) is 0. The molecular weight excluding hydrogens is 486 g/mol. The van der Waals surface area contributed by atoms with E-state index in [0.29, 0.717) is 0 Å². The molecule has 3 aliphatic rings. The topological polar surface area (TPSA) is 79.1 Å². The SMILES string of the molecule is COc1ccc(-c2cc3cc4nc(cc5ccc(cc6nc(cc2[nH]3)C=C6)[nH]5)CC4)cc1CN1CCOCC1. The van der Waals surface area contributed by atoms with E-state index in [-0.39, 0.29) is 0 Å². The molecule has 196 valence electrons. The number of methoxy groups -OCH3 is 1. The Morgan fingerprint density at radius 3 is 2.33 bits per heavy atom. The first-order chi connectivity index (χ1) is 19.2. The molecule has 0 aliphatic carbocycles. The fraction of sp³-hybridized carbons (Fsp3) is 0.250. The van der Waals surface area contributed by atoms with Crippen LogP contribution >= 0.6 is 0 Å². The van der Waals surface area contributed by atoms with Crippen molar-refractivity contribution < 1.29 is 9.47 Å². The monoisotopic (exact) mass is 517 g/mol. The Morgan fingerprint density at radius 1 is 0.795 bits per heavy atom. The van der Waals surface area contributed by atoms with E-state index >= 15 is 0 Å². The number of ether oxygens (including phenoxy) is 2. The van der Waals surface area contributed by atoms with Crippen molar-refractivity contribution in [3.63, 3.8) is 0 Å². The van der Waals surface area contributed by atoms with Crippen LogP contribution in [0.1, 0.15) is 28.3 Å². The standard InChI is InChI=1S/C32H31N5O2/c1-38-32-9-2-21(14-22(32)20-37-10-12-39-13-11-37)30-18-29-17-27-6-5-25(34-27)15-23-3-4-24(33-23)16-26-7-8-28(35-26)19-31(30)36-29/h2-4,7-9,14-19,33,36H,5-6,10-13,20H2,1H3. The normalized spacial score (nSPS) is 15.5. The second-order valence-electron chi connectivity index (χ2n) is 10.3. The van der Waals surface area contributed by atoms with Gasteiger partial charge in [0.05, 0.1) is 31.7 Å². The zero-order chi connectivity index (χ0) is 26.2. The summed E-state index contributed by atoms with van der Waals surface area (Å²) in [5.74, 6) is 0.911. The molecule has 1 saturated heterocycles. The molecule has 6 heterocycles. The smallest absolute Gasteiger partial charge is 0.123 e. The first kappa shape index (κ1) is 23.9. The lowest BCUT2D eigenvalue weighted by molar-refractivity contribution is 0.0339. The highest BCUT2D eigenvalue weighted by Crippen LogP contribution is 2.32. The van der Waals surface area contributed by atoms with Gasteiger partial charge in [-0.15, -0.1) is 0 Å². The maximum absolute atomic E-state index is 5.74. The highest BCUT2D eigenvalue weighted by atomic mass is 16.5. The highest BCUT2D eigenvalue weighted by Gasteiger charge is 2.16. The van der Waals surface area contributed by atoms with Gasteiger partial charge >= 0.3 is 0 Å². The van der Waals surface area contributed by atoms with Gasteiger partial charge in [0.2, 0.25) is 0 Å². The van der Waals surface area contributed by atoms with Crippen LogP contribution in [0.5, 0.6) is 5.75 Å². The Morgan fingerprint density at radius 2 is 1.54 bits per heavy atom. The molecule has 8 bridgehead atoms. The molecule has 39 heavy (non-hydrogen) atoms. The molecule has 4 aromatic rings. The van der Waals surface area contributed by atoms with Crippen LogP contribution in [0.4, 0.5) is 0 Å². The Kier molecular flexibility index (Phi) is 6.23. The van der Waals surface area contributed by atoms with Crippen LogP contribution in [-0.2, 0) is 24.1 Å². The zero-order valence-corrected chi connectivity index (χ0v) is 22.0. The number of aromatic amines is 2. The van der Waals surface area contributed by atoms with E-state index in [9.17, 15) is 0 Å². The fourth-order valence-electron chi connectivity index (χ4n) is 5.57. The van der Waals surface area contributed by atoms with Gasteiger partial charge in [0.25, 0.3) is 0 Å². The molecule has 0 radical (unpaired) electrons. The van der Waals surface area contributed by atoms with E-state index in [0.717, 1.165) is 107 Å². The Bertz CT molecular complexity index is 1730. The summed E-state index contributed by atoms with van der Waals surface area (Å²) in [4.78, 5) is 19.3. The largest absolute Gasteiger partial charge is 0.496 e. The quantitative estimate of drug-likeness (QED) is 0.316. The molecule has 7 heteroatoms. The molecular formula is C32H31N5O2. The van der Waals surface area contributed by atoms with E-state index < -0.39 is 0 Å². The van der Waals surface area contributed by atoms with Crippen LogP contribution in [0.15, 0.2) is 60.7 Å². The second-order valence-corrected chi connectivity index (χ2v) is 10.3. The molecule has 3 aromatic heterocycles. The molecule has 7 nitrogen and oxygen atoms in total. The molecule has 0 unspecified atom stereocenters. The number of hydrogen-bond acceptors (Lipinski definition) is 5. The molecule has 0 amide bonds. The zero-order valence-electron chi connectivity index (χ0n) is 22.0. The minimum absolute atomic E-state index is 0.774. The molecule has 2 N–H and O–H groups in total. The average molecular weight is 518 g/mol. The number of H-pyrrole nitrogens is 2. The van der Waals surface area contributed by atoms with E-state index in [1.54, 1.807) is 7.11 Å². The van der Waals surface area contributed by atoms with Crippen molar-refractivity contribution in [2.45, 2.75) is 19.4 Å². The first-order valence-corrected chi connectivity index (χ1v) is 13.5. The molecule has 1 aromatic carbocycles. The van der Waals surface area contributed by atoms with Crippen molar-refractivity contribution in [2.75, 3.05) is 33.4 Å². The first-order valence-electron chi connectivity index (χ1n) is 13.5. The Balaban J connectivity index is 1.39. The summed E-state index contributed by atoms with van der Waals surface area (Å²) < 4.78 is 11.3. The third-order valence-corrected chi connectivity index (χ3v) is 7.54. The van der Waals surface area contributed by atoms with Crippen LogP contribution < -0.4 is 4.74 Å². The van der Waals surface area contributed by atoms with Crippen LogP contribution in [-0.4, -0.2) is 58.2 Å². The average Bonchev–Trinajstić information content (AvgIpc) is 3.75.